The van der Waals surface area contributed by atoms with Crippen LogP contribution in [0.4, 0.5) is 0 Å². The Hall–Kier alpha value is -1.27. The Morgan fingerprint density at radius 1 is 1.45 bits per heavy atom. The first-order chi connectivity index (χ1) is 9.19. The zero-order chi connectivity index (χ0) is 15.4. The topological polar surface area (TPSA) is 46.5 Å². The molecule has 1 fully saturated rings. The van der Waals surface area contributed by atoms with Crippen molar-refractivity contribution in [1.29, 1.82) is 0 Å². The predicted molar refractivity (Wildman–Crippen MR) is 79.9 cm³/mol. The lowest BCUT2D eigenvalue weighted by molar-refractivity contribution is -0.139. The summed E-state index contributed by atoms with van der Waals surface area (Å²) in [5, 5.41) is 10.9. The molecule has 1 saturated carbocycles. The number of ether oxygens (including phenoxy) is 1. The van der Waals surface area contributed by atoms with Crippen molar-refractivity contribution in [3.8, 4) is 11.8 Å². The summed E-state index contributed by atoms with van der Waals surface area (Å²) in [5.74, 6) is 5.96. The molecule has 1 N–H and O–H groups in total. The van der Waals surface area contributed by atoms with E-state index in [0.29, 0.717) is 0 Å². The van der Waals surface area contributed by atoms with Crippen molar-refractivity contribution in [3.63, 3.8) is 0 Å². The van der Waals surface area contributed by atoms with E-state index in [1.54, 1.807) is 6.08 Å². The lowest BCUT2D eigenvalue weighted by Gasteiger charge is -2.47. The maximum Gasteiger partial charge on any atom is 0.302 e. The van der Waals surface area contributed by atoms with E-state index in [0.717, 1.165) is 24.8 Å². The van der Waals surface area contributed by atoms with E-state index in [2.05, 4.69) is 32.6 Å². The fourth-order valence-corrected chi connectivity index (χ4v) is 2.74. The van der Waals surface area contributed by atoms with E-state index in [9.17, 15) is 9.90 Å². The second kappa shape index (κ2) is 6.45. The fraction of sp³-hybridized carbons (Fsp3) is 0.706. The maximum absolute atomic E-state index is 10.9. The summed E-state index contributed by atoms with van der Waals surface area (Å²) in [6.07, 6.45) is 4.89. The predicted octanol–water partition coefficient (Wildman–Crippen LogP) is 3.08. The summed E-state index contributed by atoms with van der Waals surface area (Å²) < 4.78 is 4.85. The molecular weight excluding hydrogens is 252 g/mol. The van der Waals surface area contributed by atoms with Gasteiger partial charge in [0, 0.05) is 12.3 Å². The number of hydrogen-bond donors (Lipinski definition) is 1. The number of carbonyl (C=O) groups excluding carboxylic acids is 1. The van der Waals surface area contributed by atoms with Gasteiger partial charge in [-0.2, -0.15) is 0 Å². The monoisotopic (exact) mass is 278 g/mol. The van der Waals surface area contributed by atoms with Gasteiger partial charge in [0.15, 0.2) is 0 Å². The summed E-state index contributed by atoms with van der Waals surface area (Å²) in [5.41, 5.74) is -0.344. The van der Waals surface area contributed by atoms with E-state index < -0.39 is 5.60 Å². The van der Waals surface area contributed by atoms with Crippen LogP contribution in [0.3, 0.4) is 0 Å². The Bertz CT molecular complexity index is 451. The smallest absolute Gasteiger partial charge is 0.302 e. The van der Waals surface area contributed by atoms with Crippen LogP contribution in [0.2, 0.25) is 0 Å². The first-order valence-electron chi connectivity index (χ1n) is 7.25. The highest BCUT2D eigenvalue weighted by molar-refractivity contribution is 5.66. The van der Waals surface area contributed by atoms with Crippen LogP contribution >= 0.6 is 0 Å². The molecule has 0 heterocycles. The summed E-state index contributed by atoms with van der Waals surface area (Å²) in [6, 6.07) is 0. The molecule has 0 aromatic heterocycles. The minimum absolute atomic E-state index is 0.167. The van der Waals surface area contributed by atoms with Gasteiger partial charge in [-0.1, -0.05) is 39.0 Å². The third kappa shape index (κ3) is 3.86. The molecule has 0 amide bonds. The molecular formula is C17H26O3. The highest BCUT2D eigenvalue weighted by Gasteiger charge is 2.48. The summed E-state index contributed by atoms with van der Waals surface area (Å²) in [4.78, 5) is 10.7. The second-order valence-corrected chi connectivity index (χ2v) is 6.38. The number of hydrogen-bond acceptors (Lipinski definition) is 3. The Labute approximate surface area is 122 Å². The zero-order valence-electron chi connectivity index (χ0n) is 13.2. The third-order valence-corrected chi connectivity index (χ3v) is 4.31. The van der Waals surface area contributed by atoms with Gasteiger partial charge < -0.3 is 9.84 Å². The number of carbonyl (C=O) groups is 1. The first-order valence-corrected chi connectivity index (χ1v) is 7.25. The van der Waals surface area contributed by atoms with Crippen LogP contribution in [0.5, 0.6) is 0 Å². The zero-order valence-corrected chi connectivity index (χ0v) is 13.2. The quantitative estimate of drug-likeness (QED) is 0.623. The van der Waals surface area contributed by atoms with Crippen LogP contribution in [0.25, 0.3) is 0 Å². The first kappa shape index (κ1) is 16.8. The molecule has 0 radical (unpaired) electrons. The molecule has 0 aliphatic heterocycles. The largest absolute Gasteiger partial charge is 0.462 e. The normalized spacial score (nSPS) is 29.3. The minimum atomic E-state index is -0.957. The van der Waals surface area contributed by atoms with Crippen molar-refractivity contribution >= 4 is 5.97 Å². The van der Waals surface area contributed by atoms with Crippen molar-refractivity contribution in [3.05, 3.63) is 11.6 Å². The molecule has 0 bridgehead atoms. The van der Waals surface area contributed by atoms with Crippen LogP contribution in [0.15, 0.2) is 11.6 Å². The lowest BCUT2D eigenvalue weighted by Crippen LogP contribution is -2.51. The molecule has 1 rings (SSSR count). The average molecular weight is 278 g/mol. The minimum Gasteiger partial charge on any atom is -0.462 e. The van der Waals surface area contributed by atoms with Crippen molar-refractivity contribution in [1.82, 2.24) is 0 Å². The summed E-state index contributed by atoms with van der Waals surface area (Å²) in [6.45, 7) is 9.69. The van der Waals surface area contributed by atoms with Crippen LogP contribution in [-0.4, -0.2) is 23.3 Å². The molecule has 0 aromatic rings. The van der Waals surface area contributed by atoms with Gasteiger partial charge in [-0.25, -0.2) is 0 Å². The summed E-state index contributed by atoms with van der Waals surface area (Å²) in [7, 11) is 0. The van der Waals surface area contributed by atoms with Gasteiger partial charge in [0.25, 0.3) is 0 Å². The molecule has 0 spiro atoms. The van der Waals surface area contributed by atoms with Crippen LogP contribution in [-0.2, 0) is 9.53 Å². The van der Waals surface area contributed by atoms with E-state index >= 15 is 0 Å². The van der Waals surface area contributed by atoms with Gasteiger partial charge in [-0.05, 0) is 37.3 Å². The molecule has 0 aromatic carbocycles. The van der Waals surface area contributed by atoms with Crippen molar-refractivity contribution in [2.24, 2.45) is 11.3 Å². The maximum atomic E-state index is 10.9. The van der Waals surface area contributed by atoms with Gasteiger partial charge in [-0.15, -0.1) is 0 Å². The molecule has 1 aliphatic rings. The lowest BCUT2D eigenvalue weighted by atomic mass is 9.61. The number of aliphatic hydroxyl groups is 1. The van der Waals surface area contributed by atoms with Gasteiger partial charge in [-0.3, -0.25) is 4.79 Å². The van der Waals surface area contributed by atoms with Crippen LogP contribution in [0.1, 0.15) is 53.9 Å². The van der Waals surface area contributed by atoms with Gasteiger partial charge >= 0.3 is 5.97 Å². The van der Waals surface area contributed by atoms with Gasteiger partial charge in [0.05, 0.1) is 0 Å². The van der Waals surface area contributed by atoms with Crippen LogP contribution < -0.4 is 0 Å². The van der Waals surface area contributed by atoms with E-state index in [4.69, 9.17) is 4.74 Å². The Balaban J connectivity index is 2.84. The van der Waals surface area contributed by atoms with E-state index in [-0.39, 0.29) is 23.9 Å². The Morgan fingerprint density at radius 3 is 2.65 bits per heavy atom. The van der Waals surface area contributed by atoms with Crippen molar-refractivity contribution < 1.29 is 14.6 Å². The van der Waals surface area contributed by atoms with Gasteiger partial charge in [0.1, 0.15) is 12.2 Å². The molecule has 3 nitrogen and oxygen atoms in total. The molecule has 1 aliphatic carbocycles. The molecule has 20 heavy (non-hydrogen) atoms. The molecule has 2 atom stereocenters. The number of allylic oxidation sites excluding steroid dienone is 1. The van der Waals surface area contributed by atoms with E-state index in [1.165, 1.54) is 6.92 Å². The van der Waals surface area contributed by atoms with Crippen molar-refractivity contribution in [2.75, 3.05) is 6.61 Å². The standard InChI is InChI=1S/C17H26O3/c1-13(9-12-20-15(3)18)8-11-17(19)14(2)7-6-10-16(17,4)5/h9,14,19H,6-7,10,12H2,1-5H3/b13-9+/t14-,17+/m1/s1. The SMILES string of the molecule is CC(=O)OC/C=C(\C)C#C[C@]1(O)[C@H](C)CCCC1(C)C. The van der Waals surface area contributed by atoms with E-state index in [1.807, 2.05) is 6.92 Å². The third-order valence-electron chi connectivity index (χ3n) is 4.31. The molecule has 112 valence electrons. The average Bonchev–Trinajstić information content (AvgIpc) is 2.33. The molecule has 0 saturated heterocycles. The molecule has 3 heteroatoms. The highest BCUT2D eigenvalue weighted by atomic mass is 16.5. The second-order valence-electron chi connectivity index (χ2n) is 6.38. The fourth-order valence-electron chi connectivity index (χ4n) is 2.74. The number of rotatable bonds is 2. The molecule has 0 unspecified atom stereocenters. The highest BCUT2D eigenvalue weighted by Crippen LogP contribution is 2.46. The number of esters is 1. The Morgan fingerprint density at radius 2 is 2.10 bits per heavy atom. The Kier molecular flexibility index (Phi) is 5.42. The van der Waals surface area contributed by atoms with Crippen LogP contribution in [0, 0.1) is 23.2 Å². The van der Waals surface area contributed by atoms with Gasteiger partial charge in [0.2, 0.25) is 0 Å². The summed E-state index contributed by atoms with van der Waals surface area (Å²) >= 11 is 0. The van der Waals surface area contributed by atoms with Crippen molar-refractivity contribution in [2.45, 2.75) is 59.5 Å².